The number of pyridine rings is 1. The van der Waals surface area contributed by atoms with Crippen LogP contribution in [0.2, 0.25) is 0 Å². The third-order valence-electron chi connectivity index (χ3n) is 3.60. The van der Waals surface area contributed by atoms with Crippen molar-refractivity contribution in [3.8, 4) is 0 Å². The Balaban J connectivity index is 1.90. The molecule has 3 rings (SSSR count). The largest absolute Gasteiger partial charge is 0.397 e. The molecule has 0 amide bonds. The third kappa shape index (κ3) is 2.54. The van der Waals surface area contributed by atoms with Crippen molar-refractivity contribution in [3.05, 3.63) is 47.9 Å². The normalized spacial score (nSPS) is 11.0. The Hall–Kier alpha value is -2.56. The summed E-state index contributed by atoms with van der Waals surface area (Å²) in [5.74, 6) is 0. The second-order valence-electron chi connectivity index (χ2n) is 5.08. The van der Waals surface area contributed by atoms with E-state index in [9.17, 15) is 0 Å². The van der Waals surface area contributed by atoms with Crippen LogP contribution in [0.15, 0.2) is 36.7 Å². The molecule has 2 aromatic heterocycles. The van der Waals surface area contributed by atoms with Crippen molar-refractivity contribution in [2.75, 3.05) is 11.1 Å². The zero-order valence-corrected chi connectivity index (χ0v) is 12.3. The van der Waals surface area contributed by atoms with E-state index in [2.05, 4.69) is 28.5 Å². The first-order valence-corrected chi connectivity index (χ1v) is 7.07. The molecule has 0 saturated heterocycles. The van der Waals surface area contributed by atoms with Crippen LogP contribution >= 0.6 is 0 Å². The first kappa shape index (κ1) is 13.4. The summed E-state index contributed by atoms with van der Waals surface area (Å²) in [7, 11) is 1.95. The molecule has 21 heavy (non-hydrogen) atoms. The van der Waals surface area contributed by atoms with Crippen LogP contribution in [0.1, 0.15) is 18.2 Å². The fourth-order valence-corrected chi connectivity index (χ4v) is 2.57. The average Bonchev–Trinajstić information content (AvgIpc) is 2.87. The van der Waals surface area contributed by atoms with Crippen LogP contribution in [0.4, 0.5) is 11.4 Å². The molecular weight excluding hydrogens is 262 g/mol. The number of nitrogens with two attached hydrogens (primary N) is 1. The lowest BCUT2D eigenvalue weighted by atomic mass is 10.1. The number of benzene rings is 1. The SMILES string of the molecule is CCc1nn(C)cc1CNc1ccc(N)c2ncccc12. The van der Waals surface area contributed by atoms with Crippen molar-refractivity contribution in [3.63, 3.8) is 0 Å². The molecule has 2 heterocycles. The van der Waals surface area contributed by atoms with Crippen molar-refractivity contribution < 1.29 is 0 Å². The number of nitrogen functional groups attached to an aromatic ring is 1. The molecule has 3 N–H and O–H groups in total. The first-order chi connectivity index (χ1) is 10.2. The smallest absolute Gasteiger partial charge is 0.0951 e. The third-order valence-corrected chi connectivity index (χ3v) is 3.60. The number of aromatic nitrogens is 3. The number of anilines is 2. The Bertz CT molecular complexity index is 775. The van der Waals surface area contributed by atoms with Gasteiger partial charge in [0.15, 0.2) is 0 Å². The monoisotopic (exact) mass is 281 g/mol. The molecule has 0 aliphatic carbocycles. The van der Waals surface area contributed by atoms with Crippen molar-refractivity contribution in [2.45, 2.75) is 19.9 Å². The van der Waals surface area contributed by atoms with Gasteiger partial charge in [-0.1, -0.05) is 6.92 Å². The molecule has 0 aliphatic rings. The molecule has 0 unspecified atom stereocenters. The number of hydrogen-bond acceptors (Lipinski definition) is 4. The molecule has 0 bridgehead atoms. The van der Waals surface area contributed by atoms with Gasteiger partial charge in [0.05, 0.1) is 16.9 Å². The number of aryl methyl sites for hydroxylation is 2. The van der Waals surface area contributed by atoms with E-state index in [1.165, 1.54) is 5.56 Å². The summed E-state index contributed by atoms with van der Waals surface area (Å²) in [6, 6.07) is 7.85. The zero-order valence-electron chi connectivity index (χ0n) is 12.3. The maximum absolute atomic E-state index is 5.98. The number of nitrogens with zero attached hydrogens (tertiary/aromatic N) is 3. The van der Waals surface area contributed by atoms with Crippen molar-refractivity contribution in [1.29, 1.82) is 0 Å². The van der Waals surface area contributed by atoms with Gasteiger partial charge in [-0.2, -0.15) is 5.10 Å². The number of rotatable bonds is 4. The van der Waals surface area contributed by atoms with Crippen LogP contribution in [0, 0.1) is 0 Å². The number of fused-ring (bicyclic) bond motifs is 1. The van der Waals surface area contributed by atoms with Gasteiger partial charge in [0, 0.05) is 42.6 Å². The predicted molar refractivity (Wildman–Crippen MR) is 86.1 cm³/mol. The van der Waals surface area contributed by atoms with E-state index in [4.69, 9.17) is 5.73 Å². The standard InChI is InChI=1S/C16H19N5/c1-3-14-11(10-21(2)20-14)9-19-15-7-6-13(17)16-12(15)5-4-8-18-16/h4-8,10,19H,3,9,17H2,1-2H3. The maximum atomic E-state index is 5.98. The minimum atomic E-state index is 0.701. The highest BCUT2D eigenvalue weighted by Gasteiger charge is 2.08. The van der Waals surface area contributed by atoms with Gasteiger partial charge in [-0.3, -0.25) is 9.67 Å². The van der Waals surface area contributed by atoms with E-state index < -0.39 is 0 Å². The van der Waals surface area contributed by atoms with Crippen molar-refractivity contribution >= 4 is 22.3 Å². The molecule has 108 valence electrons. The highest BCUT2D eigenvalue weighted by atomic mass is 15.3. The summed E-state index contributed by atoms with van der Waals surface area (Å²) in [5, 5.41) is 8.97. The predicted octanol–water partition coefficient (Wildman–Crippen LogP) is 2.73. The molecule has 1 aromatic carbocycles. The van der Waals surface area contributed by atoms with Crippen LogP contribution in [0.25, 0.3) is 10.9 Å². The summed E-state index contributed by atoms with van der Waals surface area (Å²) in [6.45, 7) is 2.86. The van der Waals surface area contributed by atoms with Gasteiger partial charge in [0.2, 0.25) is 0 Å². The lowest BCUT2D eigenvalue weighted by Crippen LogP contribution is -2.02. The molecule has 0 spiro atoms. The van der Waals surface area contributed by atoms with Gasteiger partial charge in [0.1, 0.15) is 0 Å². The summed E-state index contributed by atoms with van der Waals surface area (Å²) in [5.41, 5.74) is 10.9. The Morgan fingerprint density at radius 1 is 1.29 bits per heavy atom. The Morgan fingerprint density at radius 3 is 2.95 bits per heavy atom. The van der Waals surface area contributed by atoms with E-state index in [-0.39, 0.29) is 0 Å². The lowest BCUT2D eigenvalue weighted by Gasteiger charge is -2.10. The van der Waals surface area contributed by atoms with E-state index in [1.807, 2.05) is 36.0 Å². The molecule has 0 saturated carbocycles. The van der Waals surface area contributed by atoms with Gasteiger partial charge in [-0.05, 0) is 30.7 Å². The summed E-state index contributed by atoms with van der Waals surface area (Å²) in [6.07, 6.45) is 4.75. The van der Waals surface area contributed by atoms with Crippen molar-refractivity contribution in [2.24, 2.45) is 7.05 Å². The molecule has 5 nitrogen and oxygen atoms in total. The van der Waals surface area contributed by atoms with Crippen LogP contribution in [0.3, 0.4) is 0 Å². The first-order valence-electron chi connectivity index (χ1n) is 7.07. The highest BCUT2D eigenvalue weighted by molar-refractivity contribution is 5.98. The highest BCUT2D eigenvalue weighted by Crippen LogP contribution is 2.26. The summed E-state index contributed by atoms with van der Waals surface area (Å²) in [4.78, 5) is 4.35. The van der Waals surface area contributed by atoms with Crippen LogP contribution in [-0.4, -0.2) is 14.8 Å². The molecule has 0 aliphatic heterocycles. The molecule has 3 aromatic rings. The fourth-order valence-electron chi connectivity index (χ4n) is 2.57. The minimum Gasteiger partial charge on any atom is -0.397 e. The van der Waals surface area contributed by atoms with E-state index >= 15 is 0 Å². The van der Waals surface area contributed by atoms with Gasteiger partial charge < -0.3 is 11.1 Å². The molecule has 5 heteroatoms. The van der Waals surface area contributed by atoms with E-state index in [0.29, 0.717) is 5.69 Å². The number of nitrogens with one attached hydrogen (secondary N) is 1. The summed E-state index contributed by atoms with van der Waals surface area (Å²) >= 11 is 0. The van der Waals surface area contributed by atoms with Crippen LogP contribution in [0.5, 0.6) is 0 Å². The second-order valence-corrected chi connectivity index (χ2v) is 5.08. The molecule has 0 radical (unpaired) electrons. The van der Waals surface area contributed by atoms with E-state index in [1.54, 1.807) is 6.20 Å². The van der Waals surface area contributed by atoms with Crippen molar-refractivity contribution in [1.82, 2.24) is 14.8 Å². The second kappa shape index (κ2) is 5.44. The van der Waals surface area contributed by atoms with E-state index in [0.717, 1.165) is 35.2 Å². The fraction of sp³-hybridized carbons (Fsp3) is 0.250. The Morgan fingerprint density at radius 2 is 2.14 bits per heavy atom. The quantitative estimate of drug-likeness (QED) is 0.721. The van der Waals surface area contributed by atoms with Gasteiger partial charge in [0.25, 0.3) is 0 Å². The van der Waals surface area contributed by atoms with Crippen LogP contribution < -0.4 is 11.1 Å². The molecule has 0 atom stereocenters. The number of hydrogen-bond donors (Lipinski definition) is 2. The Kier molecular flexibility index (Phi) is 3.48. The lowest BCUT2D eigenvalue weighted by molar-refractivity contribution is 0.746. The zero-order chi connectivity index (χ0) is 14.8. The van der Waals surface area contributed by atoms with Gasteiger partial charge >= 0.3 is 0 Å². The van der Waals surface area contributed by atoms with Crippen LogP contribution in [-0.2, 0) is 20.0 Å². The minimum absolute atomic E-state index is 0.701. The summed E-state index contributed by atoms with van der Waals surface area (Å²) < 4.78 is 1.86. The topological polar surface area (TPSA) is 68.8 Å². The van der Waals surface area contributed by atoms with Gasteiger partial charge in [-0.15, -0.1) is 0 Å². The maximum Gasteiger partial charge on any atom is 0.0951 e. The Labute approximate surface area is 123 Å². The molecule has 0 fully saturated rings. The average molecular weight is 281 g/mol. The van der Waals surface area contributed by atoms with Gasteiger partial charge in [-0.25, -0.2) is 0 Å². The molecular formula is C16H19N5.